The van der Waals surface area contributed by atoms with Crippen molar-refractivity contribution in [3.63, 3.8) is 0 Å². The minimum absolute atomic E-state index is 0.0154. The minimum Gasteiger partial charge on any atom is -0.489 e. The fourth-order valence-corrected chi connectivity index (χ4v) is 2.79. The van der Waals surface area contributed by atoms with Crippen molar-refractivity contribution < 1.29 is 19.1 Å². The lowest BCUT2D eigenvalue weighted by Crippen LogP contribution is -2.32. The molecule has 6 nitrogen and oxygen atoms in total. The smallest absolute Gasteiger partial charge is 0.261 e. The van der Waals surface area contributed by atoms with Crippen molar-refractivity contribution in [2.45, 2.75) is 26.4 Å². The molecule has 3 rings (SSSR count). The molecule has 1 heterocycles. The maximum atomic E-state index is 12.3. The molecular weight excluding hydrogens is 332 g/mol. The Morgan fingerprint density at radius 1 is 1.00 bits per heavy atom. The van der Waals surface area contributed by atoms with Gasteiger partial charge in [0.25, 0.3) is 11.8 Å². The molecule has 6 heteroatoms. The number of imide groups is 1. The highest BCUT2D eigenvalue weighted by Crippen LogP contribution is 2.26. The number of carbonyl (C=O) groups excluding carboxylic acids is 3. The Bertz CT molecular complexity index is 825. The Morgan fingerprint density at radius 3 is 2.19 bits per heavy atom. The average molecular weight is 352 g/mol. The molecule has 2 aromatic carbocycles. The van der Waals surface area contributed by atoms with E-state index in [4.69, 9.17) is 4.74 Å². The third kappa shape index (κ3) is 3.59. The second-order valence-electron chi connectivity index (χ2n) is 6.27. The van der Waals surface area contributed by atoms with E-state index >= 15 is 0 Å². The van der Waals surface area contributed by atoms with Gasteiger partial charge in [0.1, 0.15) is 5.75 Å². The highest BCUT2D eigenvalue weighted by atomic mass is 16.5. The number of hydrogen-bond donors (Lipinski definition) is 1. The van der Waals surface area contributed by atoms with Crippen LogP contribution in [0.1, 0.15) is 41.0 Å². The van der Waals surface area contributed by atoms with E-state index in [-0.39, 0.29) is 36.8 Å². The van der Waals surface area contributed by atoms with Crippen molar-refractivity contribution in [2.75, 3.05) is 11.9 Å². The predicted molar refractivity (Wildman–Crippen MR) is 97.3 cm³/mol. The highest BCUT2D eigenvalue weighted by molar-refractivity contribution is 6.21. The van der Waals surface area contributed by atoms with E-state index in [2.05, 4.69) is 5.32 Å². The van der Waals surface area contributed by atoms with Crippen LogP contribution in [0.15, 0.2) is 48.5 Å². The van der Waals surface area contributed by atoms with Gasteiger partial charge in [-0.15, -0.1) is 0 Å². The normalized spacial score (nSPS) is 13.1. The molecule has 0 aliphatic carbocycles. The van der Waals surface area contributed by atoms with Gasteiger partial charge < -0.3 is 10.1 Å². The van der Waals surface area contributed by atoms with Crippen LogP contribution in [0.4, 0.5) is 5.69 Å². The van der Waals surface area contributed by atoms with Crippen molar-refractivity contribution in [1.29, 1.82) is 0 Å². The first kappa shape index (κ1) is 17.7. The SMILES string of the molecule is CC(C)Oc1ccccc1NC(=O)CCN1C(=O)c2ccccc2C1=O. The fourth-order valence-electron chi connectivity index (χ4n) is 2.79. The Labute approximate surface area is 151 Å². The third-order valence-electron chi connectivity index (χ3n) is 3.96. The van der Waals surface area contributed by atoms with E-state index in [0.29, 0.717) is 22.6 Å². The van der Waals surface area contributed by atoms with Crippen LogP contribution in [0, 0.1) is 0 Å². The summed E-state index contributed by atoms with van der Waals surface area (Å²) in [6, 6.07) is 13.8. The molecule has 0 bridgehead atoms. The molecule has 0 fully saturated rings. The topological polar surface area (TPSA) is 75.7 Å². The number of nitrogens with zero attached hydrogens (tertiary/aromatic N) is 1. The summed E-state index contributed by atoms with van der Waals surface area (Å²) in [6.45, 7) is 3.84. The number of rotatable bonds is 6. The van der Waals surface area contributed by atoms with Crippen LogP contribution in [0.2, 0.25) is 0 Å². The van der Waals surface area contributed by atoms with E-state index in [1.54, 1.807) is 42.5 Å². The van der Waals surface area contributed by atoms with Crippen LogP contribution in [-0.2, 0) is 4.79 Å². The molecule has 0 aromatic heterocycles. The molecule has 1 N–H and O–H groups in total. The van der Waals surface area contributed by atoms with Crippen LogP contribution in [0.5, 0.6) is 5.75 Å². The predicted octanol–water partition coefficient (Wildman–Crippen LogP) is 3.10. The van der Waals surface area contributed by atoms with Gasteiger partial charge in [0.05, 0.1) is 22.9 Å². The molecule has 0 saturated carbocycles. The van der Waals surface area contributed by atoms with Crippen LogP contribution < -0.4 is 10.1 Å². The summed E-state index contributed by atoms with van der Waals surface area (Å²) in [5.41, 5.74) is 1.33. The number of ether oxygens (including phenoxy) is 1. The second-order valence-corrected chi connectivity index (χ2v) is 6.27. The quantitative estimate of drug-likeness (QED) is 0.811. The molecule has 0 atom stereocenters. The summed E-state index contributed by atoms with van der Waals surface area (Å²) >= 11 is 0. The van der Waals surface area contributed by atoms with E-state index < -0.39 is 0 Å². The van der Waals surface area contributed by atoms with Crippen molar-refractivity contribution in [3.8, 4) is 5.75 Å². The molecule has 0 spiro atoms. The second kappa shape index (κ2) is 7.39. The van der Waals surface area contributed by atoms with Crippen LogP contribution in [0.3, 0.4) is 0 Å². The number of fused-ring (bicyclic) bond motifs is 1. The summed E-state index contributed by atoms with van der Waals surface area (Å²) in [6.07, 6.45) is -0.00649. The number of benzene rings is 2. The lowest BCUT2D eigenvalue weighted by molar-refractivity contribution is -0.116. The zero-order chi connectivity index (χ0) is 18.7. The maximum absolute atomic E-state index is 12.3. The summed E-state index contributed by atoms with van der Waals surface area (Å²) in [5.74, 6) is -0.429. The summed E-state index contributed by atoms with van der Waals surface area (Å²) in [4.78, 5) is 38.0. The summed E-state index contributed by atoms with van der Waals surface area (Å²) < 4.78 is 5.67. The highest BCUT2D eigenvalue weighted by Gasteiger charge is 2.34. The molecule has 26 heavy (non-hydrogen) atoms. The summed E-state index contributed by atoms with van der Waals surface area (Å²) in [7, 11) is 0. The number of nitrogens with one attached hydrogen (secondary N) is 1. The summed E-state index contributed by atoms with van der Waals surface area (Å²) in [5, 5.41) is 2.78. The van der Waals surface area contributed by atoms with Crippen molar-refractivity contribution in [1.82, 2.24) is 4.90 Å². The molecule has 0 radical (unpaired) electrons. The maximum Gasteiger partial charge on any atom is 0.261 e. The zero-order valence-corrected chi connectivity index (χ0v) is 14.7. The first-order valence-corrected chi connectivity index (χ1v) is 8.48. The van der Waals surface area contributed by atoms with Gasteiger partial charge in [-0.05, 0) is 38.1 Å². The van der Waals surface area contributed by atoms with E-state index in [1.165, 1.54) is 0 Å². The average Bonchev–Trinajstić information content (AvgIpc) is 2.86. The first-order valence-electron chi connectivity index (χ1n) is 8.48. The van der Waals surface area contributed by atoms with Crippen molar-refractivity contribution >= 4 is 23.4 Å². The van der Waals surface area contributed by atoms with Crippen molar-refractivity contribution in [2.24, 2.45) is 0 Å². The van der Waals surface area contributed by atoms with Gasteiger partial charge in [0, 0.05) is 13.0 Å². The monoisotopic (exact) mass is 352 g/mol. The molecular formula is C20H20N2O4. The largest absolute Gasteiger partial charge is 0.489 e. The Kier molecular flexibility index (Phi) is 5.02. The van der Waals surface area contributed by atoms with Crippen LogP contribution in [-0.4, -0.2) is 35.3 Å². The Morgan fingerprint density at radius 2 is 1.58 bits per heavy atom. The molecule has 3 amide bonds. The number of para-hydroxylation sites is 2. The van der Waals surface area contributed by atoms with E-state index in [1.807, 2.05) is 19.9 Å². The molecule has 1 aliphatic rings. The molecule has 0 unspecified atom stereocenters. The fraction of sp³-hybridized carbons (Fsp3) is 0.250. The van der Waals surface area contributed by atoms with E-state index in [0.717, 1.165) is 4.90 Å². The molecule has 134 valence electrons. The van der Waals surface area contributed by atoms with Gasteiger partial charge in [-0.3, -0.25) is 19.3 Å². The molecule has 1 aliphatic heterocycles. The number of amides is 3. The van der Waals surface area contributed by atoms with Gasteiger partial charge in [0.15, 0.2) is 0 Å². The molecule has 2 aromatic rings. The van der Waals surface area contributed by atoms with Gasteiger partial charge in [-0.2, -0.15) is 0 Å². The number of carbonyl (C=O) groups is 3. The van der Waals surface area contributed by atoms with Gasteiger partial charge in [-0.1, -0.05) is 24.3 Å². The lowest BCUT2D eigenvalue weighted by atomic mass is 10.1. The zero-order valence-electron chi connectivity index (χ0n) is 14.7. The van der Waals surface area contributed by atoms with E-state index in [9.17, 15) is 14.4 Å². The Balaban J connectivity index is 1.62. The van der Waals surface area contributed by atoms with Gasteiger partial charge in [-0.25, -0.2) is 0 Å². The lowest BCUT2D eigenvalue weighted by Gasteiger charge is -2.16. The molecule has 0 saturated heterocycles. The minimum atomic E-state index is -0.359. The van der Waals surface area contributed by atoms with Crippen LogP contribution >= 0.6 is 0 Å². The third-order valence-corrected chi connectivity index (χ3v) is 3.96. The number of hydrogen-bond acceptors (Lipinski definition) is 4. The number of anilines is 1. The van der Waals surface area contributed by atoms with Crippen molar-refractivity contribution in [3.05, 3.63) is 59.7 Å². The van der Waals surface area contributed by atoms with Gasteiger partial charge in [0.2, 0.25) is 5.91 Å². The van der Waals surface area contributed by atoms with Gasteiger partial charge >= 0.3 is 0 Å². The van der Waals surface area contributed by atoms with Crippen LogP contribution in [0.25, 0.3) is 0 Å². The first-order chi connectivity index (χ1) is 12.5. The Hall–Kier alpha value is -3.15. The standard InChI is InChI=1S/C20H20N2O4/c1-13(2)26-17-10-6-5-9-16(17)21-18(23)11-12-22-19(24)14-7-3-4-8-15(14)20(22)25/h3-10,13H,11-12H2,1-2H3,(H,21,23).